The van der Waals surface area contributed by atoms with Gasteiger partial charge in [0.15, 0.2) is 0 Å². The second kappa shape index (κ2) is 9.52. The number of carbonyl (C=O) groups excluding carboxylic acids is 2. The Morgan fingerprint density at radius 2 is 1.65 bits per heavy atom. The number of nitrogens with zero attached hydrogens (tertiary/aromatic N) is 2. The van der Waals surface area contributed by atoms with Gasteiger partial charge in [-0.05, 0) is 56.4 Å². The third kappa shape index (κ3) is 5.07. The highest BCUT2D eigenvalue weighted by molar-refractivity contribution is 5.97. The van der Waals surface area contributed by atoms with Gasteiger partial charge in [-0.25, -0.2) is 0 Å². The second-order valence-electron chi connectivity index (χ2n) is 8.55. The Bertz CT molecular complexity index is 927. The summed E-state index contributed by atoms with van der Waals surface area (Å²) in [6.45, 7) is 6.89. The molecule has 164 valence electrons. The van der Waals surface area contributed by atoms with E-state index in [2.05, 4.69) is 10.2 Å². The van der Waals surface area contributed by atoms with E-state index in [1.54, 1.807) is 0 Å². The molecule has 0 spiro atoms. The van der Waals surface area contributed by atoms with Crippen molar-refractivity contribution in [2.75, 3.05) is 38.0 Å². The lowest BCUT2D eigenvalue weighted by Crippen LogP contribution is -2.50. The highest BCUT2D eigenvalue weighted by Crippen LogP contribution is 2.28. The van der Waals surface area contributed by atoms with E-state index in [4.69, 9.17) is 4.74 Å². The van der Waals surface area contributed by atoms with Crippen LogP contribution in [0.4, 0.5) is 5.69 Å². The first kappa shape index (κ1) is 21.4. The van der Waals surface area contributed by atoms with Crippen LogP contribution in [0.15, 0.2) is 42.5 Å². The van der Waals surface area contributed by atoms with Crippen molar-refractivity contribution in [3.8, 4) is 5.75 Å². The van der Waals surface area contributed by atoms with Gasteiger partial charge in [-0.15, -0.1) is 0 Å². The van der Waals surface area contributed by atoms with Gasteiger partial charge in [-0.1, -0.05) is 30.3 Å². The number of rotatable bonds is 6. The zero-order chi connectivity index (χ0) is 21.8. The average Bonchev–Trinajstić information content (AvgIpc) is 2.74. The Hall–Kier alpha value is -2.86. The van der Waals surface area contributed by atoms with Crippen molar-refractivity contribution in [1.82, 2.24) is 9.80 Å². The van der Waals surface area contributed by atoms with Crippen molar-refractivity contribution < 1.29 is 14.3 Å². The standard InChI is InChI=1S/C25H31N3O3/c1-18-7-5-8-19(2)24(18)26-23(29)17-27-13-15-28(16-14-27)25(30)21-11-3-4-12-22(21)31-20-9-6-10-20/h3-5,7-8,11-12,20H,6,9-10,13-17H2,1-2H3,(H,26,29). The lowest BCUT2D eigenvalue weighted by molar-refractivity contribution is -0.117. The molecule has 6 heteroatoms. The summed E-state index contributed by atoms with van der Waals surface area (Å²) in [7, 11) is 0. The number of benzene rings is 2. The van der Waals surface area contributed by atoms with E-state index in [-0.39, 0.29) is 17.9 Å². The van der Waals surface area contributed by atoms with Crippen LogP contribution in [0.2, 0.25) is 0 Å². The molecule has 0 aromatic heterocycles. The monoisotopic (exact) mass is 421 g/mol. The predicted octanol–water partition coefficient (Wildman–Crippen LogP) is 3.63. The van der Waals surface area contributed by atoms with Crippen molar-refractivity contribution in [3.63, 3.8) is 0 Å². The van der Waals surface area contributed by atoms with Crippen LogP contribution in [-0.4, -0.2) is 60.4 Å². The van der Waals surface area contributed by atoms with Gasteiger partial charge in [0.2, 0.25) is 5.91 Å². The van der Waals surface area contributed by atoms with Crippen molar-refractivity contribution in [1.29, 1.82) is 0 Å². The Labute approximate surface area is 184 Å². The van der Waals surface area contributed by atoms with Crippen LogP contribution < -0.4 is 10.1 Å². The first-order valence-electron chi connectivity index (χ1n) is 11.1. The third-order valence-electron chi connectivity index (χ3n) is 6.24. The zero-order valence-corrected chi connectivity index (χ0v) is 18.4. The first-order valence-corrected chi connectivity index (χ1v) is 11.1. The molecule has 2 fully saturated rings. The molecule has 6 nitrogen and oxygen atoms in total. The Balaban J connectivity index is 1.31. The summed E-state index contributed by atoms with van der Waals surface area (Å²) in [5.74, 6) is 0.679. The highest BCUT2D eigenvalue weighted by Gasteiger charge is 2.27. The molecule has 0 radical (unpaired) electrons. The summed E-state index contributed by atoms with van der Waals surface area (Å²) in [5, 5.41) is 3.04. The van der Waals surface area contributed by atoms with Crippen LogP contribution in [0, 0.1) is 13.8 Å². The van der Waals surface area contributed by atoms with Gasteiger partial charge in [-0.3, -0.25) is 14.5 Å². The van der Waals surface area contributed by atoms with Gasteiger partial charge in [0.25, 0.3) is 5.91 Å². The molecule has 1 aliphatic heterocycles. The van der Waals surface area contributed by atoms with E-state index in [0.29, 0.717) is 44.0 Å². The third-order valence-corrected chi connectivity index (χ3v) is 6.24. The van der Waals surface area contributed by atoms with Gasteiger partial charge < -0.3 is 15.0 Å². The van der Waals surface area contributed by atoms with E-state index < -0.39 is 0 Å². The molecule has 2 aromatic rings. The number of hydrogen-bond donors (Lipinski definition) is 1. The van der Waals surface area contributed by atoms with Crippen LogP contribution in [0.5, 0.6) is 5.75 Å². The molecule has 1 saturated heterocycles. The summed E-state index contributed by atoms with van der Waals surface area (Å²) in [6.07, 6.45) is 3.55. The molecule has 1 N–H and O–H groups in total. The molecular formula is C25H31N3O3. The van der Waals surface area contributed by atoms with Crippen LogP contribution >= 0.6 is 0 Å². The summed E-state index contributed by atoms with van der Waals surface area (Å²) < 4.78 is 6.03. The second-order valence-corrected chi connectivity index (χ2v) is 8.55. The molecule has 4 rings (SSSR count). The normalized spacial score (nSPS) is 17.2. The maximum atomic E-state index is 13.1. The maximum absolute atomic E-state index is 13.1. The van der Waals surface area contributed by atoms with Crippen LogP contribution in [0.1, 0.15) is 40.7 Å². The van der Waals surface area contributed by atoms with Gasteiger partial charge >= 0.3 is 0 Å². The van der Waals surface area contributed by atoms with E-state index >= 15 is 0 Å². The maximum Gasteiger partial charge on any atom is 0.257 e. The lowest BCUT2D eigenvalue weighted by atomic mass is 9.96. The number of aryl methyl sites for hydroxylation is 2. The number of amides is 2. The van der Waals surface area contributed by atoms with Crippen LogP contribution in [-0.2, 0) is 4.79 Å². The summed E-state index contributed by atoms with van der Waals surface area (Å²) in [5.41, 5.74) is 3.65. The van der Waals surface area contributed by atoms with Gasteiger partial charge in [-0.2, -0.15) is 0 Å². The number of hydrogen-bond acceptors (Lipinski definition) is 4. The highest BCUT2D eigenvalue weighted by atomic mass is 16.5. The number of anilines is 1. The molecule has 0 unspecified atom stereocenters. The topological polar surface area (TPSA) is 61.9 Å². The van der Waals surface area contributed by atoms with Crippen molar-refractivity contribution in [2.45, 2.75) is 39.2 Å². The van der Waals surface area contributed by atoms with Crippen molar-refractivity contribution in [2.24, 2.45) is 0 Å². The minimum atomic E-state index is -0.0172. The molecule has 1 heterocycles. The molecule has 2 aliphatic rings. The minimum absolute atomic E-state index is 0.00885. The Morgan fingerprint density at radius 3 is 2.29 bits per heavy atom. The minimum Gasteiger partial charge on any atom is -0.490 e. The average molecular weight is 422 g/mol. The molecule has 1 saturated carbocycles. The Morgan fingerprint density at radius 1 is 0.968 bits per heavy atom. The quantitative estimate of drug-likeness (QED) is 0.774. The number of ether oxygens (including phenoxy) is 1. The number of nitrogens with one attached hydrogen (secondary N) is 1. The number of piperazine rings is 1. The van der Waals surface area contributed by atoms with Gasteiger partial charge in [0, 0.05) is 31.9 Å². The predicted molar refractivity (Wildman–Crippen MR) is 122 cm³/mol. The Kier molecular flexibility index (Phi) is 6.56. The largest absolute Gasteiger partial charge is 0.490 e. The fraction of sp³-hybridized carbons (Fsp3) is 0.440. The van der Waals surface area contributed by atoms with Gasteiger partial charge in [0.05, 0.1) is 18.2 Å². The SMILES string of the molecule is Cc1cccc(C)c1NC(=O)CN1CCN(C(=O)c2ccccc2OC2CCC2)CC1. The molecule has 2 amide bonds. The van der Waals surface area contributed by atoms with E-state index in [0.717, 1.165) is 29.7 Å². The summed E-state index contributed by atoms with van der Waals surface area (Å²) in [6, 6.07) is 13.5. The van der Waals surface area contributed by atoms with E-state index in [9.17, 15) is 9.59 Å². The molecule has 0 bridgehead atoms. The molecule has 0 atom stereocenters. The summed E-state index contributed by atoms with van der Waals surface area (Å²) in [4.78, 5) is 29.6. The summed E-state index contributed by atoms with van der Waals surface area (Å²) >= 11 is 0. The fourth-order valence-electron chi connectivity index (χ4n) is 4.09. The van der Waals surface area contributed by atoms with Crippen molar-refractivity contribution in [3.05, 3.63) is 59.2 Å². The first-order chi connectivity index (χ1) is 15.0. The number of carbonyl (C=O) groups is 2. The van der Waals surface area contributed by atoms with E-state index in [1.165, 1.54) is 6.42 Å². The van der Waals surface area contributed by atoms with Gasteiger partial charge in [0.1, 0.15) is 5.75 Å². The lowest BCUT2D eigenvalue weighted by Gasteiger charge is -2.35. The fourth-order valence-corrected chi connectivity index (χ4v) is 4.09. The molecular weight excluding hydrogens is 390 g/mol. The van der Waals surface area contributed by atoms with Crippen LogP contribution in [0.3, 0.4) is 0 Å². The zero-order valence-electron chi connectivity index (χ0n) is 18.4. The molecule has 1 aliphatic carbocycles. The van der Waals surface area contributed by atoms with Crippen LogP contribution in [0.25, 0.3) is 0 Å². The molecule has 31 heavy (non-hydrogen) atoms. The van der Waals surface area contributed by atoms with E-state index in [1.807, 2.05) is 61.2 Å². The van der Waals surface area contributed by atoms with Crippen molar-refractivity contribution >= 4 is 17.5 Å². The number of para-hydroxylation sites is 2. The molecule has 2 aromatic carbocycles. The smallest absolute Gasteiger partial charge is 0.257 e.